The van der Waals surface area contributed by atoms with Gasteiger partial charge < -0.3 is 0 Å². The zero-order chi connectivity index (χ0) is 13.9. The maximum Gasteiger partial charge on any atom is 0.220 e. The molecule has 0 saturated heterocycles. The number of halogens is 3. The molecule has 0 amide bonds. The third-order valence-corrected chi connectivity index (χ3v) is 3.50. The Morgan fingerprint density at radius 3 is 2.44 bits per heavy atom. The molecule has 98 valence electrons. The van der Waals surface area contributed by atoms with Gasteiger partial charge in [-0.2, -0.15) is 0 Å². The van der Waals surface area contributed by atoms with Gasteiger partial charge in [0.05, 0.1) is 0 Å². The molecule has 0 aliphatic rings. The zero-order valence-corrected chi connectivity index (χ0v) is 13.2. The summed E-state index contributed by atoms with van der Waals surface area (Å²) in [5, 5.41) is 0. The van der Waals surface area contributed by atoms with E-state index in [1.54, 1.807) is 12.1 Å². The fourth-order valence-corrected chi connectivity index (χ4v) is 2.28. The molecule has 0 heterocycles. The lowest BCUT2D eigenvalue weighted by atomic mass is 9.98. The van der Waals surface area contributed by atoms with Crippen molar-refractivity contribution in [2.45, 2.75) is 26.4 Å². The van der Waals surface area contributed by atoms with Crippen molar-refractivity contribution in [3.8, 4) is 0 Å². The van der Waals surface area contributed by atoms with E-state index in [1.807, 2.05) is 13.8 Å². The number of carbonyl (C=O) groups is 2. The van der Waals surface area contributed by atoms with E-state index in [0.717, 1.165) is 0 Å². The fourth-order valence-electron chi connectivity index (χ4n) is 1.47. The van der Waals surface area contributed by atoms with Crippen LogP contribution >= 0.6 is 31.9 Å². The molecular formula is C13H13Br2FO2. The van der Waals surface area contributed by atoms with E-state index in [1.165, 1.54) is 6.07 Å². The van der Waals surface area contributed by atoms with Crippen LogP contribution in [0.5, 0.6) is 0 Å². The van der Waals surface area contributed by atoms with Crippen molar-refractivity contribution in [3.05, 3.63) is 32.7 Å². The Morgan fingerprint density at radius 1 is 1.28 bits per heavy atom. The minimum atomic E-state index is -2.09. The van der Waals surface area contributed by atoms with E-state index < -0.39 is 17.7 Å². The summed E-state index contributed by atoms with van der Waals surface area (Å²) in [6.45, 7) is 3.62. The van der Waals surface area contributed by atoms with Crippen LogP contribution in [0, 0.1) is 5.92 Å². The largest absolute Gasteiger partial charge is 0.296 e. The Bertz CT molecular complexity index is 472. The number of Topliss-reactive ketones (excluding diaryl/α,β-unsaturated/α-hetero) is 2. The lowest BCUT2D eigenvalue weighted by molar-refractivity contribution is -0.122. The van der Waals surface area contributed by atoms with Crippen molar-refractivity contribution in [1.82, 2.24) is 0 Å². The Hall–Kier alpha value is -0.550. The molecule has 0 saturated carbocycles. The highest BCUT2D eigenvalue weighted by atomic mass is 79.9. The van der Waals surface area contributed by atoms with Crippen LogP contribution in [0.15, 0.2) is 27.1 Å². The number of hydrogen-bond acceptors (Lipinski definition) is 2. The molecule has 0 spiro atoms. The molecular weight excluding hydrogens is 367 g/mol. The van der Waals surface area contributed by atoms with Crippen molar-refractivity contribution < 1.29 is 14.0 Å². The highest BCUT2D eigenvalue weighted by Gasteiger charge is 2.28. The highest BCUT2D eigenvalue weighted by Crippen LogP contribution is 2.24. The van der Waals surface area contributed by atoms with Gasteiger partial charge in [0.1, 0.15) is 0 Å². The molecule has 1 rings (SSSR count). The number of rotatable bonds is 5. The van der Waals surface area contributed by atoms with E-state index >= 15 is 0 Å². The van der Waals surface area contributed by atoms with Gasteiger partial charge in [-0.1, -0.05) is 45.7 Å². The van der Waals surface area contributed by atoms with Gasteiger partial charge in [-0.05, 0) is 24.1 Å². The van der Waals surface area contributed by atoms with Crippen molar-refractivity contribution >= 4 is 43.4 Å². The van der Waals surface area contributed by atoms with Gasteiger partial charge in [-0.25, -0.2) is 4.39 Å². The quantitative estimate of drug-likeness (QED) is 0.563. The standard InChI is InChI=1S/C13H13Br2FO2/c1-7(2)5-11(17)12(16)13(18)9-6-8(14)3-4-10(9)15/h3-4,6-7,12H,5H2,1-2H3. The topological polar surface area (TPSA) is 34.1 Å². The van der Waals surface area contributed by atoms with E-state index in [4.69, 9.17) is 0 Å². The molecule has 2 nitrogen and oxygen atoms in total. The van der Waals surface area contributed by atoms with E-state index in [2.05, 4.69) is 31.9 Å². The molecule has 0 N–H and O–H groups in total. The average Bonchev–Trinajstić information content (AvgIpc) is 2.29. The first kappa shape index (κ1) is 15.5. The van der Waals surface area contributed by atoms with Gasteiger partial charge >= 0.3 is 0 Å². The summed E-state index contributed by atoms with van der Waals surface area (Å²) in [7, 11) is 0. The van der Waals surface area contributed by atoms with Gasteiger partial charge in [-0.3, -0.25) is 9.59 Å². The fraction of sp³-hybridized carbons (Fsp3) is 0.385. The normalized spacial score (nSPS) is 12.6. The summed E-state index contributed by atoms with van der Waals surface area (Å²) in [6.07, 6.45) is -2.02. The van der Waals surface area contributed by atoms with Crippen LogP contribution in [-0.4, -0.2) is 17.7 Å². The molecule has 0 bridgehead atoms. The van der Waals surface area contributed by atoms with Crippen molar-refractivity contribution in [2.75, 3.05) is 0 Å². The van der Waals surface area contributed by atoms with E-state index in [-0.39, 0.29) is 17.9 Å². The molecule has 1 atom stereocenters. The summed E-state index contributed by atoms with van der Waals surface area (Å²) in [4.78, 5) is 23.4. The minimum Gasteiger partial charge on any atom is -0.296 e. The van der Waals surface area contributed by atoms with Crippen molar-refractivity contribution in [1.29, 1.82) is 0 Å². The molecule has 1 aromatic rings. The van der Waals surface area contributed by atoms with E-state index in [9.17, 15) is 14.0 Å². The third-order valence-electron chi connectivity index (χ3n) is 2.32. The second-order valence-electron chi connectivity index (χ2n) is 4.42. The first-order valence-corrected chi connectivity index (χ1v) is 7.07. The lowest BCUT2D eigenvalue weighted by Crippen LogP contribution is -2.27. The van der Waals surface area contributed by atoms with Gasteiger partial charge in [-0.15, -0.1) is 0 Å². The maximum atomic E-state index is 13.8. The SMILES string of the molecule is CC(C)CC(=O)C(F)C(=O)c1cc(Br)ccc1Br. The molecule has 18 heavy (non-hydrogen) atoms. The first-order chi connectivity index (χ1) is 8.32. The highest BCUT2D eigenvalue weighted by molar-refractivity contribution is 9.11. The molecule has 0 aliphatic carbocycles. The Labute approximate surface area is 122 Å². The summed E-state index contributed by atoms with van der Waals surface area (Å²) in [6, 6.07) is 4.86. The van der Waals surface area contributed by atoms with Crippen LogP contribution < -0.4 is 0 Å². The maximum absolute atomic E-state index is 13.8. The number of hydrogen-bond donors (Lipinski definition) is 0. The van der Waals surface area contributed by atoms with Crippen LogP contribution in [0.3, 0.4) is 0 Å². The Kier molecular flexibility index (Phi) is 5.66. The van der Waals surface area contributed by atoms with Crippen molar-refractivity contribution in [3.63, 3.8) is 0 Å². The molecule has 1 unspecified atom stereocenters. The zero-order valence-electron chi connectivity index (χ0n) is 10.0. The third kappa shape index (κ3) is 3.99. The van der Waals surface area contributed by atoms with Crippen LogP contribution in [0.2, 0.25) is 0 Å². The molecule has 0 aromatic heterocycles. The number of ketones is 2. The number of alkyl halides is 1. The average molecular weight is 380 g/mol. The lowest BCUT2D eigenvalue weighted by Gasteiger charge is -2.10. The molecule has 0 fully saturated rings. The first-order valence-electron chi connectivity index (χ1n) is 5.49. The molecule has 0 aliphatic heterocycles. The predicted octanol–water partition coefficient (Wildman–Crippen LogP) is 4.35. The second-order valence-corrected chi connectivity index (χ2v) is 6.19. The summed E-state index contributed by atoms with van der Waals surface area (Å²) in [5.41, 5.74) is 0.175. The van der Waals surface area contributed by atoms with Crippen LogP contribution in [0.25, 0.3) is 0 Å². The smallest absolute Gasteiger partial charge is 0.220 e. The van der Waals surface area contributed by atoms with E-state index in [0.29, 0.717) is 8.95 Å². The molecule has 0 radical (unpaired) electrons. The van der Waals surface area contributed by atoms with Crippen LogP contribution in [-0.2, 0) is 4.79 Å². The van der Waals surface area contributed by atoms with Gasteiger partial charge in [0.2, 0.25) is 12.0 Å². The minimum absolute atomic E-state index is 0.0366. The summed E-state index contributed by atoms with van der Waals surface area (Å²) < 4.78 is 15.0. The Balaban J connectivity index is 2.93. The van der Waals surface area contributed by atoms with Crippen LogP contribution in [0.1, 0.15) is 30.6 Å². The summed E-state index contributed by atoms with van der Waals surface area (Å²) in [5.74, 6) is -1.43. The molecule has 1 aromatic carbocycles. The number of benzene rings is 1. The van der Waals surface area contributed by atoms with Gasteiger partial charge in [0.15, 0.2) is 5.78 Å². The van der Waals surface area contributed by atoms with Gasteiger partial charge in [0, 0.05) is 20.9 Å². The monoisotopic (exact) mass is 378 g/mol. The second kappa shape index (κ2) is 6.57. The summed E-state index contributed by atoms with van der Waals surface area (Å²) >= 11 is 6.39. The van der Waals surface area contributed by atoms with Gasteiger partial charge in [0.25, 0.3) is 0 Å². The number of carbonyl (C=O) groups excluding carboxylic acids is 2. The van der Waals surface area contributed by atoms with Crippen molar-refractivity contribution in [2.24, 2.45) is 5.92 Å². The van der Waals surface area contributed by atoms with Crippen LogP contribution in [0.4, 0.5) is 4.39 Å². The predicted molar refractivity (Wildman–Crippen MR) is 75.5 cm³/mol. The molecule has 5 heteroatoms. The Morgan fingerprint density at radius 2 is 1.89 bits per heavy atom.